The zero-order valence-electron chi connectivity index (χ0n) is 30.3. The molecule has 5 rings (SSSR count). The van der Waals surface area contributed by atoms with Crippen LogP contribution < -0.4 is 4.74 Å². The van der Waals surface area contributed by atoms with Gasteiger partial charge < -0.3 is 4.74 Å². The summed E-state index contributed by atoms with van der Waals surface area (Å²) in [6.45, 7) is 11.3. The van der Waals surface area contributed by atoms with Crippen molar-refractivity contribution in [2.75, 3.05) is 0 Å². The van der Waals surface area contributed by atoms with Crippen molar-refractivity contribution in [1.82, 2.24) is 19.6 Å². The van der Waals surface area contributed by atoms with E-state index in [4.69, 9.17) is 21.4 Å². The Kier molecular flexibility index (Phi) is 12.2. The molecule has 1 unspecified atom stereocenters. The van der Waals surface area contributed by atoms with Gasteiger partial charge in [0.25, 0.3) is 0 Å². The van der Waals surface area contributed by atoms with Crippen molar-refractivity contribution < 1.29 is 4.74 Å². The van der Waals surface area contributed by atoms with Crippen LogP contribution in [-0.2, 0) is 10.8 Å². The highest BCUT2D eigenvalue weighted by atomic mass is 16.5. The van der Waals surface area contributed by atoms with E-state index in [1.54, 1.807) is 0 Å². The van der Waals surface area contributed by atoms with Crippen molar-refractivity contribution in [3.8, 4) is 46.5 Å². The van der Waals surface area contributed by atoms with E-state index >= 15 is 0 Å². The number of unbranched alkanes of at least 4 members (excludes halogenated alkanes) is 6. The minimum Gasteiger partial charge on any atom is -0.457 e. The average Bonchev–Trinajstić information content (AvgIpc) is 3.84. The van der Waals surface area contributed by atoms with Gasteiger partial charge in [-0.25, -0.2) is 9.36 Å². The molecule has 256 valence electrons. The summed E-state index contributed by atoms with van der Waals surface area (Å²) in [5.41, 5.74) is 6.16. The van der Waals surface area contributed by atoms with Gasteiger partial charge >= 0.3 is 0 Å². The predicted octanol–water partition coefficient (Wildman–Crippen LogP) is 12.0. The molecule has 2 aromatic heterocycles. The zero-order chi connectivity index (χ0) is 34.7. The summed E-state index contributed by atoms with van der Waals surface area (Å²) in [6, 6.07) is 29.0. The highest BCUT2D eigenvalue weighted by Gasteiger charge is 2.28. The van der Waals surface area contributed by atoms with Crippen LogP contribution in [0.1, 0.15) is 117 Å². The summed E-state index contributed by atoms with van der Waals surface area (Å²) >= 11 is 0. The van der Waals surface area contributed by atoms with E-state index < -0.39 is 0 Å². The summed E-state index contributed by atoms with van der Waals surface area (Å²) in [5.74, 6) is 4.72. The van der Waals surface area contributed by atoms with Crippen LogP contribution in [0, 0.1) is 12.3 Å². The number of aromatic nitrogens is 4. The van der Waals surface area contributed by atoms with Gasteiger partial charge in [-0.15, -0.1) is 6.42 Å². The van der Waals surface area contributed by atoms with Gasteiger partial charge in [0.15, 0.2) is 0 Å². The van der Waals surface area contributed by atoms with Crippen LogP contribution in [0.2, 0.25) is 0 Å². The molecule has 49 heavy (non-hydrogen) atoms. The van der Waals surface area contributed by atoms with Crippen LogP contribution in [-0.4, -0.2) is 19.6 Å². The number of nitrogens with zero attached hydrogens (tertiary/aromatic N) is 4. The van der Waals surface area contributed by atoms with Crippen LogP contribution in [0.5, 0.6) is 11.5 Å². The second-order valence-corrected chi connectivity index (χ2v) is 14.0. The molecule has 2 heterocycles. The molecule has 0 amide bonds. The van der Waals surface area contributed by atoms with Gasteiger partial charge in [-0.1, -0.05) is 110 Å². The number of benzene rings is 3. The second kappa shape index (κ2) is 16.7. The van der Waals surface area contributed by atoms with E-state index in [1.165, 1.54) is 50.5 Å². The van der Waals surface area contributed by atoms with Crippen molar-refractivity contribution in [2.24, 2.45) is 0 Å². The first-order chi connectivity index (χ1) is 23.8. The number of rotatable bonds is 18. The van der Waals surface area contributed by atoms with E-state index in [0.29, 0.717) is 0 Å². The first-order valence-corrected chi connectivity index (χ1v) is 18.4. The van der Waals surface area contributed by atoms with Crippen LogP contribution in [0.3, 0.4) is 0 Å². The third kappa shape index (κ3) is 8.92. The Morgan fingerprint density at radius 1 is 0.673 bits per heavy atom. The molecular weight excluding hydrogens is 601 g/mol. The van der Waals surface area contributed by atoms with Crippen LogP contribution in [0.25, 0.3) is 22.6 Å². The van der Waals surface area contributed by atoms with E-state index in [0.717, 1.165) is 65.5 Å². The standard InChI is InChI=1S/C44H54N4O/c1-7-11-13-15-30-43(5,6)42-29-33-48(46-42)38-22-26-40(27-23-38)49-39-24-20-37(21-25-39)47-32-28-41(45-47)35-18-17-19-36(34-35)44(9-3,10-4)31-16-14-12-8-2/h3,17-29,32-34H,7-8,10-16,30-31H2,1-2,4-6H3. The maximum atomic E-state index is 6.19. The van der Waals surface area contributed by atoms with Gasteiger partial charge in [0.2, 0.25) is 0 Å². The summed E-state index contributed by atoms with van der Waals surface area (Å²) in [5, 5.41) is 9.84. The molecule has 1 atom stereocenters. The highest BCUT2D eigenvalue weighted by molar-refractivity contribution is 5.61. The van der Waals surface area contributed by atoms with Crippen molar-refractivity contribution >= 4 is 0 Å². The minimum atomic E-state index is -0.240. The van der Waals surface area contributed by atoms with Crippen LogP contribution in [0.4, 0.5) is 0 Å². The first-order valence-electron chi connectivity index (χ1n) is 18.4. The molecule has 0 spiro atoms. The third-order valence-electron chi connectivity index (χ3n) is 10.0. The Morgan fingerprint density at radius 2 is 1.27 bits per heavy atom. The quantitative estimate of drug-likeness (QED) is 0.0697. The van der Waals surface area contributed by atoms with Crippen molar-refractivity contribution in [2.45, 2.75) is 116 Å². The minimum absolute atomic E-state index is 0.0637. The summed E-state index contributed by atoms with van der Waals surface area (Å²) < 4.78 is 10.1. The highest BCUT2D eigenvalue weighted by Crippen LogP contribution is 2.35. The lowest BCUT2D eigenvalue weighted by molar-refractivity contribution is 0.432. The maximum Gasteiger partial charge on any atom is 0.127 e. The molecule has 0 radical (unpaired) electrons. The Balaban J connectivity index is 1.21. The summed E-state index contributed by atoms with van der Waals surface area (Å²) in [6.07, 6.45) is 23.3. The van der Waals surface area contributed by atoms with E-state index in [2.05, 4.69) is 95.3 Å². The molecule has 0 saturated carbocycles. The fourth-order valence-corrected chi connectivity index (χ4v) is 6.65. The lowest BCUT2D eigenvalue weighted by Crippen LogP contribution is -2.23. The van der Waals surface area contributed by atoms with Gasteiger partial charge in [-0.3, -0.25) is 0 Å². The molecule has 0 aliphatic heterocycles. The maximum absolute atomic E-state index is 6.19. The van der Waals surface area contributed by atoms with Crippen LogP contribution >= 0.6 is 0 Å². The molecule has 0 aliphatic rings. The van der Waals surface area contributed by atoms with Gasteiger partial charge in [0.05, 0.1) is 28.2 Å². The Hall–Kier alpha value is -4.56. The van der Waals surface area contributed by atoms with Gasteiger partial charge in [-0.2, -0.15) is 10.2 Å². The molecule has 0 aliphatic carbocycles. The van der Waals surface area contributed by atoms with Crippen molar-refractivity contribution in [3.05, 3.63) is 109 Å². The topological polar surface area (TPSA) is 44.9 Å². The van der Waals surface area contributed by atoms with Gasteiger partial charge in [0.1, 0.15) is 11.5 Å². The van der Waals surface area contributed by atoms with Crippen molar-refractivity contribution in [3.63, 3.8) is 0 Å². The molecule has 3 aromatic carbocycles. The molecule has 5 aromatic rings. The molecule has 0 fully saturated rings. The summed E-state index contributed by atoms with van der Waals surface area (Å²) in [7, 11) is 0. The SMILES string of the molecule is C#CC(CC)(CCCCCC)c1cccc(-c2ccn(-c3ccc(Oc4ccc(-n5ccc(C(C)(C)CCCCCC)n5)cc4)cc3)n2)c1. The molecular formula is C44H54N4O. The van der Waals surface area contributed by atoms with Gasteiger partial charge in [0, 0.05) is 23.4 Å². The lowest BCUT2D eigenvalue weighted by atomic mass is 9.74. The Morgan fingerprint density at radius 3 is 1.86 bits per heavy atom. The molecule has 0 N–H and O–H groups in total. The smallest absolute Gasteiger partial charge is 0.127 e. The predicted molar refractivity (Wildman–Crippen MR) is 204 cm³/mol. The Labute approximate surface area is 294 Å². The number of hydrogen-bond acceptors (Lipinski definition) is 3. The van der Waals surface area contributed by atoms with E-state index in [9.17, 15) is 0 Å². The van der Waals surface area contributed by atoms with E-state index in [1.807, 2.05) is 52.0 Å². The van der Waals surface area contributed by atoms with E-state index in [-0.39, 0.29) is 10.8 Å². The fraction of sp³-hybridized carbons (Fsp3) is 0.409. The largest absolute Gasteiger partial charge is 0.457 e. The average molecular weight is 655 g/mol. The van der Waals surface area contributed by atoms with Gasteiger partial charge in [-0.05, 0) is 91.6 Å². The number of terminal acetylenes is 1. The Bertz CT molecular complexity index is 1790. The third-order valence-corrected chi connectivity index (χ3v) is 10.0. The first kappa shape index (κ1) is 35.7. The zero-order valence-corrected chi connectivity index (χ0v) is 30.3. The van der Waals surface area contributed by atoms with Crippen molar-refractivity contribution in [1.29, 1.82) is 0 Å². The van der Waals surface area contributed by atoms with Crippen LogP contribution in [0.15, 0.2) is 97.3 Å². The molecule has 0 bridgehead atoms. The number of ether oxygens (including phenoxy) is 1. The number of hydrogen-bond donors (Lipinski definition) is 0. The normalized spacial score (nSPS) is 12.8. The monoisotopic (exact) mass is 654 g/mol. The molecule has 0 saturated heterocycles. The summed E-state index contributed by atoms with van der Waals surface area (Å²) in [4.78, 5) is 0. The fourth-order valence-electron chi connectivity index (χ4n) is 6.65. The molecule has 5 nitrogen and oxygen atoms in total. The molecule has 5 heteroatoms. The second-order valence-electron chi connectivity index (χ2n) is 14.0. The lowest BCUT2D eigenvalue weighted by Gasteiger charge is -2.28.